The predicted octanol–water partition coefficient (Wildman–Crippen LogP) is 3.72. The second-order valence-corrected chi connectivity index (χ2v) is 8.05. The zero-order valence-electron chi connectivity index (χ0n) is 16.7. The molecular formula is C24H24N4O. The van der Waals surface area contributed by atoms with E-state index in [9.17, 15) is 4.79 Å². The smallest absolute Gasteiger partial charge is 0.254 e. The summed E-state index contributed by atoms with van der Waals surface area (Å²) in [6.07, 6.45) is 0. The molecule has 5 heteroatoms. The Balaban J connectivity index is 1.37. The first kappa shape index (κ1) is 17.9. The molecule has 2 aromatic carbocycles. The molecule has 29 heavy (non-hydrogen) atoms. The second-order valence-electron chi connectivity index (χ2n) is 8.05. The Bertz CT molecular complexity index is 1050. The topological polar surface area (TPSA) is 49.3 Å². The van der Waals surface area contributed by atoms with E-state index in [0.717, 1.165) is 53.7 Å². The van der Waals surface area contributed by atoms with Gasteiger partial charge in [-0.3, -0.25) is 4.79 Å². The minimum atomic E-state index is 0.119. The number of hydrogen-bond acceptors (Lipinski definition) is 4. The second kappa shape index (κ2) is 6.99. The van der Waals surface area contributed by atoms with Gasteiger partial charge >= 0.3 is 0 Å². The maximum Gasteiger partial charge on any atom is 0.254 e. The van der Waals surface area contributed by atoms with Gasteiger partial charge in [0, 0.05) is 42.5 Å². The van der Waals surface area contributed by atoms with Gasteiger partial charge in [0.05, 0.1) is 6.04 Å². The Hall–Kier alpha value is -3.21. The highest BCUT2D eigenvalue weighted by molar-refractivity contribution is 6.01. The molecule has 3 aromatic rings. The van der Waals surface area contributed by atoms with Crippen molar-refractivity contribution in [1.29, 1.82) is 0 Å². The Labute approximate surface area is 171 Å². The molecule has 5 rings (SSSR count). The molecule has 2 saturated heterocycles. The maximum atomic E-state index is 13.4. The molecule has 0 bridgehead atoms. The average molecular weight is 384 g/mol. The minimum absolute atomic E-state index is 0.119. The zero-order valence-corrected chi connectivity index (χ0v) is 16.7. The molecule has 2 aliphatic heterocycles. The Morgan fingerprint density at radius 1 is 0.897 bits per heavy atom. The molecular weight excluding hydrogens is 360 g/mol. The van der Waals surface area contributed by atoms with E-state index >= 15 is 0 Å². The van der Waals surface area contributed by atoms with Crippen LogP contribution in [-0.2, 0) is 0 Å². The first-order valence-electron chi connectivity index (χ1n) is 10.1. The maximum absolute atomic E-state index is 13.4. The van der Waals surface area contributed by atoms with Crippen LogP contribution in [0.1, 0.15) is 21.7 Å². The van der Waals surface area contributed by atoms with Crippen LogP contribution in [0.4, 0.5) is 5.95 Å². The van der Waals surface area contributed by atoms with E-state index in [0.29, 0.717) is 5.92 Å². The Morgan fingerprint density at radius 2 is 1.59 bits per heavy atom. The number of likely N-dealkylation sites (tertiary alicyclic amines) is 1. The lowest BCUT2D eigenvalue weighted by Crippen LogP contribution is -2.58. The van der Waals surface area contributed by atoms with Crippen LogP contribution in [0.25, 0.3) is 11.1 Å². The number of aromatic nitrogens is 2. The molecule has 0 aliphatic carbocycles. The van der Waals surface area contributed by atoms with Gasteiger partial charge in [-0.1, -0.05) is 48.5 Å². The molecule has 3 heterocycles. The van der Waals surface area contributed by atoms with Gasteiger partial charge in [-0.05, 0) is 37.1 Å². The molecule has 2 atom stereocenters. The lowest BCUT2D eigenvalue weighted by Gasteiger charge is -2.43. The fourth-order valence-corrected chi connectivity index (χ4v) is 4.58. The molecule has 0 saturated carbocycles. The zero-order chi connectivity index (χ0) is 20.0. The molecule has 2 unspecified atom stereocenters. The Kier molecular flexibility index (Phi) is 4.31. The normalized spacial score (nSPS) is 20.3. The van der Waals surface area contributed by atoms with Crippen LogP contribution in [0.5, 0.6) is 0 Å². The molecule has 0 spiro atoms. The van der Waals surface area contributed by atoms with Crippen molar-refractivity contribution in [2.24, 2.45) is 5.92 Å². The number of carbonyl (C=O) groups excluding carboxylic acids is 1. The van der Waals surface area contributed by atoms with Crippen LogP contribution in [0.3, 0.4) is 0 Å². The van der Waals surface area contributed by atoms with E-state index in [1.54, 1.807) is 0 Å². The van der Waals surface area contributed by atoms with E-state index in [2.05, 4.69) is 27.0 Å². The van der Waals surface area contributed by atoms with Crippen LogP contribution < -0.4 is 4.90 Å². The quantitative estimate of drug-likeness (QED) is 0.691. The minimum Gasteiger partial charge on any atom is -0.338 e. The standard InChI is InChI=1S/C24H24N4O/c1-16-12-17(2)26-24(25-16)27-13-19-14-28(22(19)15-27)23(29)21-11-7-6-10-20(21)18-8-4-3-5-9-18/h3-12,19,22H,13-15H2,1-2H3. The van der Waals surface area contributed by atoms with Crippen LogP contribution in [0, 0.1) is 19.8 Å². The average Bonchev–Trinajstić information content (AvgIpc) is 3.04. The van der Waals surface area contributed by atoms with Gasteiger partial charge < -0.3 is 9.80 Å². The molecule has 2 fully saturated rings. The molecule has 1 amide bonds. The summed E-state index contributed by atoms with van der Waals surface area (Å²) in [7, 11) is 0. The highest BCUT2D eigenvalue weighted by Gasteiger charge is 2.48. The lowest BCUT2D eigenvalue weighted by molar-refractivity contribution is 0.0328. The summed E-state index contributed by atoms with van der Waals surface area (Å²) in [5, 5.41) is 0. The van der Waals surface area contributed by atoms with E-state index < -0.39 is 0 Å². The van der Waals surface area contributed by atoms with Crippen molar-refractivity contribution in [3.05, 3.63) is 77.6 Å². The van der Waals surface area contributed by atoms with Crippen LogP contribution in [0.15, 0.2) is 60.7 Å². The van der Waals surface area contributed by atoms with Crippen molar-refractivity contribution in [2.75, 3.05) is 24.5 Å². The Morgan fingerprint density at radius 3 is 2.34 bits per heavy atom. The van der Waals surface area contributed by atoms with Gasteiger partial charge in [-0.25, -0.2) is 9.97 Å². The summed E-state index contributed by atoms with van der Waals surface area (Å²) in [6, 6.07) is 20.3. The first-order valence-corrected chi connectivity index (χ1v) is 10.1. The molecule has 2 aliphatic rings. The van der Waals surface area contributed by atoms with Crippen molar-refractivity contribution < 1.29 is 4.79 Å². The van der Waals surface area contributed by atoms with Crippen molar-refractivity contribution in [3.8, 4) is 11.1 Å². The largest absolute Gasteiger partial charge is 0.338 e. The summed E-state index contributed by atoms with van der Waals surface area (Å²) < 4.78 is 0. The number of nitrogens with zero attached hydrogens (tertiary/aromatic N) is 4. The summed E-state index contributed by atoms with van der Waals surface area (Å²) in [6.45, 7) is 6.51. The van der Waals surface area contributed by atoms with Gasteiger partial charge in [0.25, 0.3) is 5.91 Å². The monoisotopic (exact) mass is 384 g/mol. The number of benzene rings is 2. The van der Waals surface area contributed by atoms with Crippen molar-refractivity contribution in [1.82, 2.24) is 14.9 Å². The van der Waals surface area contributed by atoms with E-state index in [4.69, 9.17) is 0 Å². The number of carbonyl (C=O) groups is 1. The first-order chi connectivity index (χ1) is 14.1. The van der Waals surface area contributed by atoms with E-state index in [-0.39, 0.29) is 11.9 Å². The number of rotatable bonds is 3. The molecule has 5 nitrogen and oxygen atoms in total. The summed E-state index contributed by atoms with van der Waals surface area (Å²) >= 11 is 0. The fraction of sp³-hybridized carbons (Fsp3) is 0.292. The summed E-state index contributed by atoms with van der Waals surface area (Å²) in [5.74, 6) is 1.40. The van der Waals surface area contributed by atoms with E-state index in [1.165, 1.54) is 0 Å². The van der Waals surface area contributed by atoms with Crippen LogP contribution >= 0.6 is 0 Å². The van der Waals surface area contributed by atoms with Crippen molar-refractivity contribution in [2.45, 2.75) is 19.9 Å². The number of fused-ring (bicyclic) bond motifs is 1. The van der Waals surface area contributed by atoms with Gasteiger partial charge in [0.1, 0.15) is 0 Å². The highest BCUT2D eigenvalue weighted by atomic mass is 16.2. The van der Waals surface area contributed by atoms with Crippen LogP contribution in [-0.4, -0.2) is 46.5 Å². The van der Waals surface area contributed by atoms with Gasteiger partial charge in [0.2, 0.25) is 5.95 Å². The third-order valence-corrected chi connectivity index (χ3v) is 5.99. The summed E-state index contributed by atoms with van der Waals surface area (Å²) in [5.41, 5.74) is 4.81. The number of hydrogen-bond donors (Lipinski definition) is 0. The summed E-state index contributed by atoms with van der Waals surface area (Å²) in [4.78, 5) is 26.9. The lowest BCUT2D eigenvalue weighted by atomic mass is 9.89. The predicted molar refractivity (Wildman–Crippen MR) is 114 cm³/mol. The van der Waals surface area contributed by atoms with Gasteiger partial charge in [-0.15, -0.1) is 0 Å². The number of amides is 1. The third-order valence-electron chi connectivity index (χ3n) is 5.99. The number of aryl methyl sites for hydroxylation is 2. The van der Waals surface area contributed by atoms with E-state index in [1.807, 2.05) is 67.3 Å². The fourth-order valence-electron chi connectivity index (χ4n) is 4.58. The van der Waals surface area contributed by atoms with Crippen LogP contribution in [0.2, 0.25) is 0 Å². The molecule has 0 N–H and O–H groups in total. The highest BCUT2D eigenvalue weighted by Crippen LogP contribution is 2.36. The van der Waals surface area contributed by atoms with Gasteiger partial charge in [-0.2, -0.15) is 0 Å². The number of anilines is 1. The molecule has 146 valence electrons. The van der Waals surface area contributed by atoms with Crippen molar-refractivity contribution in [3.63, 3.8) is 0 Å². The third kappa shape index (κ3) is 3.16. The molecule has 1 aromatic heterocycles. The molecule has 0 radical (unpaired) electrons. The SMILES string of the molecule is Cc1cc(C)nc(N2CC3CN(C(=O)c4ccccc4-c4ccccc4)C3C2)n1. The van der Waals surface area contributed by atoms with Gasteiger partial charge in [0.15, 0.2) is 0 Å². The van der Waals surface area contributed by atoms with Crippen molar-refractivity contribution >= 4 is 11.9 Å².